The molecule has 0 saturated heterocycles. The van der Waals surface area contributed by atoms with E-state index in [2.05, 4.69) is 54.9 Å². The Kier molecular flexibility index (Phi) is 11.8. The highest BCUT2D eigenvalue weighted by molar-refractivity contribution is 6.52. The van der Waals surface area contributed by atoms with Crippen molar-refractivity contribution >= 4 is 69.0 Å². The van der Waals surface area contributed by atoms with Crippen LogP contribution < -0.4 is 20.3 Å². The van der Waals surface area contributed by atoms with Gasteiger partial charge in [-0.15, -0.1) is 0 Å². The maximum absolute atomic E-state index is 12.2. The van der Waals surface area contributed by atoms with E-state index < -0.39 is 10.8 Å². The van der Waals surface area contributed by atoms with Crippen LogP contribution in [0.25, 0.3) is 22.2 Å². The van der Waals surface area contributed by atoms with Crippen molar-refractivity contribution in [2.24, 2.45) is 7.05 Å². The number of hydrogen-bond acceptors (Lipinski definition) is 8. The summed E-state index contributed by atoms with van der Waals surface area (Å²) in [5.41, 5.74) is 5.02. The van der Waals surface area contributed by atoms with Crippen molar-refractivity contribution in [2.75, 3.05) is 56.9 Å². The van der Waals surface area contributed by atoms with Gasteiger partial charge in [0, 0.05) is 62.1 Å². The van der Waals surface area contributed by atoms with E-state index in [1.807, 2.05) is 58.5 Å². The Bertz CT molecular complexity index is 1590. The Labute approximate surface area is 260 Å². The molecule has 4 aromatic rings. The highest BCUT2D eigenvalue weighted by Gasteiger charge is 2.17. The molecule has 228 valence electrons. The summed E-state index contributed by atoms with van der Waals surface area (Å²) in [6, 6.07) is 13.8. The number of carbonyl (C=O) groups excluding carboxylic acids is 1. The van der Waals surface area contributed by atoms with Gasteiger partial charge in [0.25, 0.3) is 0 Å². The Morgan fingerprint density at radius 2 is 1.84 bits per heavy atom. The van der Waals surface area contributed by atoms with Gasteiger partial charge in [-0.05, 0) is 38.4 Å². The first-order chi connectivity index (χ1) is 20.4. The topological polar surface area (TPSA) is 125 Å². The van der Waals surface area contributed by atoms with Gasteiger partial charge < -0.3 is 34.8 Å². The fraction of sp³-hybridized carbons (Fsp3) is 0.267. The maximum Gasteiger partial charge on any atom is 0.337 e. The standard InChI is InChI=1S/C28H33N7O2.C2H2Cl2O2/c1-7-27(36)30-22-16-23(26(37-6)17-25(22)34(4)15-14-33(2)3)32-28-29-13-12-21(31-28)20-18-35(5)24-11-9-8-10-19(20)24;3-1(4)2(5)6/h7-13,16-18H,1,14-15H2,2-6H3,(H,30,36)(H,29,31,32);1H,(H,5,6). The zero-order valence-corrected chi connectivity index (χ0v) is 26.1. The van der Waals surface area contributed by atoms with Crippen molar-refractivity contribution in [3.05, 3.63) is 67.5 Å². The molecule has 0 fully saturated rings. The molecule has 0 aliphatic rings. The second-order valence-electron chi connectivity index (χ2n) is 9.69. The number of carbonyl (C=O) groups is 2. The minimum Gasteiger partial charge on any atom is -0.494 e. The zero-order chi connectivity index (χ0) is 31.7. The van der Waals surface area contributed by atoms with Crippen molar-refractivity contribution < 1.29 is 19.4 Å². The summed E-state index contributed by atoms with van der Waals surface area (Å²) < 4.78 is 7.79. The number of para-hydroxylation sites is 1. The maximum atomic E-state index is 12.2. The van der Waals surface area contributed by atoms with E-state index in [0.717, 1.165) is 40.9 Å². The fourth-order valence-electron chi connectivity index (χ4n) is 4.14. The van der Waals surface area contributed by atoms with E-state index in [4.69, 9.17) is 38.0 Å². The summed E-state index contributed by atoms with van der Waals surface area (Å²) in [6.07, 6.45) is 5.04. The number of carboxylic acid groups (broad SMARTS) is 1. The van der Waals surface area contributed by atoms with Crippen LogP contribution in [0.1, 0.15) is 0 Å². The van der Waals surface area contributed by atoms with Gasteiger partial charge >= 0.3 is 5.97 Å². The number of aryl methyl sites for hydroxylation is 1. The second kappa shape index (κ2) is 15.2. The molecule has 11 nitrogen and oxygen atoms in total. The first kappa shape index (κ1) is 33.2. The number of nitrogens with zero attached hydrogens (tertiary/aromatic N) is 5. The van der Waals surface area contributed by atoms with Gasteiger partial charge in [0.15, 0.2) is 0 Å². The number of benzene rings is 2. The lowest BCUT2D eigenvalue weighted by Crippen LogP contribution is -2.29. The minimum absolute atomic E-state index is 0.299. The fourth-order valence-corrected chi connectivity index (χ4v) is 4.14. The molecule has 0 aliphatic carbocycles. The highest BCUT2D eigenvalue weighted by Crippen LogP contribution is 2.38. The average Bonchev–Trinajstić information content (AvgIpc) is 3.32. The second-order valence-corrected chi connectivity index (χ2v) is 10.8. The van der Waals surface area contributed by atoms with E-state index in [0.29, 0.717) is 23.1 Å². The van der Waals surface area contributed by atoms with Gasteiger partial charge in [-0.2, -0.15) is 0 Å². The molecule has 0 saturated carbocycles. The molecule has 0 spiro atoms. The van der Waals surface area contributed by atoms with Crippen molar-refractivity contribution in [3.63, 3.8) is 0 Å². The van der Waals surface area contributed by atoms with Crippen molar-refractivity contribution in [2.45, 2.75) is 4.84 Å². The van der Waals surface area contributed by atoms with Crippen LogP contribution in [0.3, 0.4) is 0 Å². The number of rotatable bonds is 11. The molecule has 2 heterocycles. The smallest absolute Gasteiger partial charge is 0.337 e. The zero-order valence-electron chi connectivity index (χ0n) is 24.6. The number of carboxylic acids is 1. The Balaban J connectivity index is 0.000000765. The molecule has 0 radical (unpaired) electrons. The van der Waals surface area contributed by atoms with Gasteiger partial charge in [-0.1, -0.05) is 48.0 Å². The summed E-state index contributed by atoms with van der Waals surface area (Å²) in [6.45, 7) is 5.19. The monoisotopic (exact) mass is 627 g/mol. The lowest BCUT2D eigenvalue weighted by molar-refractivity contribution is -0.135. The van der Waals surface area contributed by atoms with E-state index in [1.165, 1.54) is 6.08 Å². The van der Waals surface area contributed by atoms with Crippen LogP contribution in [0, 0.1) is 0 Å². The molecule has 0 bridgehead atoms. The third-order valence-electron chi connectivity index (χ3n) is 6.32. The number of aliphatic carboxylic acids is 1. The number of anilines is 4. The molecule has 1 amide bonds. The summed E-state index contributed by atoms with van der Waals surface area (Å²) >= 11 is 9.56. The molecule has 43 heavy (non-hydrogen) atoms. The van der Waals surface area contributed by atoms with Gasteiger partial charge in [-0.3, -0.25) is 4.79 Å². The molecule has 0 aliphatic heterocycles. The third-order valence-corrected chi connectivity index (χ3v) is 6.69. The van der Waals surface area contributed by atoms with Gasteiger partial charge in [0.2, 0.25) is 16.7 Å². The number of amides is 1. The van der Waals surface area contributed by atoms with Crippen LogP contribution in [-0.4, -0.2) is 82.6 Å². The Morgan fingerprint density at radius 1 is 1.14 bits per heavy atom. The van der Waals surface area contributed by atoms with Crippen molar-refractivity contribution in [3.8, 4) is 17.0 Å². The Morgan fingerprint density at radius 3 is 2.47 bits per heavy atom. The summed E-state index contributed by atoms with van der Waals surface area (Å²) in [5.74, 6) is -0.494. The van der Waals surface area contributed by atoms with Crippen molar-refractivity contribution in [1.29, 1.82) is 0 Å². The number of ether oxygens (including phenoxy) is 1. The molecule has 4 rings (SSSR count). The molecule has 2 aromatic heterocycles. The van der Waals surface area contributed by atoms with E-state index in [9.17, 15) is 9.59 Å². The normalized spacial score (nSPS) is 10.7. The summed E-state index contributed by atoms with van der Waals surface area (Å²) in [7, 11) is 9.65. The first-order valence-electron chi connectivity index (χ1n) is 13.1. The number of nitrogens with one attached hydrogen (secondary N) is 2. The summed E-state index contributed by atoms with van der Waals surface area (Å²) in [4.78, 5) is 33.8. The first-order valence-corrected chi connectivity index (χ1v) is 14.0. The molecular formula is C30H35Cl2N7O4. The third kappa shape index (κ3) is 8.84. The van der Waals surface area contributed by atoms with Gasteiger partial charge in [-0.25, -0.2) is 14.8 Å². The summed E-state index contributed by atoms with van der Waals surface area (Å²) in [5, 5.41) is 15.0. The van der Waals surface area contributed by atoms with E-state index >= 15 is 0 Å². The van der Waals surface area contributed by atoms with Crippen LogP contribution in [0.15, 0.2) is 67.5 Å². The average molecular weight is 629 g/mol. The van der Waals surface area contributed by atoms with Crippen LogP contribution in [0.2, 0.25) is 0 Å². The molecule has 0 unspecified atom stereocenters. The SMILES string of the molecule is C=CC(=O)Nc1cc(Nc2nccc(-c3cn(C)c4ccccc34)n2)c(OC)cc1N(C)CCN(C)C.O=C(O)C(Cl)Cl. The van der Waals surface area contributed by atoms with Crippen LogP contribution in [0.5, 0.6) is 5.75 Å². The molecular weight excluding hydrogens is 593 g/mol. The number of aromatic nitrogens is 3. The number of alkyl halides is 2. The van der Waals surface area contributed by atoms with Gasteiger partial charge in [0.1, 0.15) is 5.75 Å². The number of halogens is 2. The van der Waals surface area contributed by atoms with Crippen LogP contribution in [0.4, 0.5) is 23.0 Å². The predicted octanol–water partition coefficient (Wildman–Crippen LogP) is 5.38. The minimum atomic E-state index is -1.29. The molecule has 2 aromatic carbocycles. The lowest BCUT2D eigenvalue weighted by atomic mass is 10.1. The molecule has 0 atom stereocenters. The van der Waals surface area contributed by atoms with Crippen LogP contribution >= 0.6 is 23.2 Å². The Hall–Kier alpha value is -4.32. The van der Waals surface area contributed by atoms with Crippen molar-refractivity contribution in [1.82, 2.24) is 19.4 Å². The number of methoxy groups -OCH3 is 1. The number of likely N-dealkylation sites (N-methyl/N-ethyl adjacent to an activating group) is 2. The largest absolute Gasteiger partial charge is 0.494 e. The number of hydrogen-bond donors (Lipinski definition) is 3. The predicted molar refractivity (Wildman–Crippen MR) is 174 cm³/mol. The van der Waals surface area contributed by atoms with E-state index in [-0.39, 0.29) is 5.91 Å². The van der Waals surface area contributed by atoms with Gasteiger partial charge in [0.05, 0.1) is 29.9 Å². The van der Waals surface area contributed by atoms with Crippen LogP contribution in [-0.2, 0) is 16.6 Å². The lowest BCUT2D eigenvalue weighted by Gasteiger charge is -2.26. The quantitative estimate of drug-likeness (QED) is 0.148. The molecule has 13 heteroatoms. The number of fused-ring (bicyclic) bond motifs is 1. The molecule has 3 N–H and O–H groups in total. The highest BCUT2D eigenvalue weighted by atomic mass is 35.5. The van der Waals surface area contributed by atoms with E-state index in [1.54, 1.807) is 13.3 Å².